The molecule has 0 atom stereocenters. The van der Waals surface area contributed by atoms with Crippen LogP contribution in [0.4, 0.5) is 0 Å². The molecule has 1 heterocycles. The van der Waals surface area contributed by atoms with E-state index >= 15 is 0 Å². The van der Waals surface area contributed by atoms with E-state index in [9.17, 15) is 0 Å². The number of aromatic nitrogens is 2. The molecule has 0 unspecified atom stereocenters. The van der Waals surface area contributed by atoms with Gasteiger partial charge in [-0.1, -0.05) is 24.3 Å². The van der Waals surface area contributed by atoms with Crippen molar-refractivity contribution in [3.8, 4) is 0 Å². The number of rotatable bonds is 9. The van der Waals surface area contributed by atoms with Gasteiger partial charge in [0, 0.05) is 26.6 Å². The maximum Gasteiger partial charge on any atom is 0.113 e. The predicted octanol–water partition coefficient (Wildman–Crippen LogP) is 2.78. The topological polar surface area (TPSA) is 39.1 Å². The lowest BCUT2D eigenvalue weighted by Gasteiger charge is -2.03. The molecule has 1 aromatic carbocycles. The summed E-state index contributed by atoms with van der Waals surface area (Å²) >= 11 is 0. The van der Waals surface area contributed by atoms with Crippen LogP contribution in [0.15, 0.2) is 36.4 Å². The first kappa shape index (κ1) is 15.7. The minimum absolute atomic E-state index is 0.768. The highest BCUT2D eigenvalue weighted by molar-refractivity contribution is 5.75. The third kappa shape index (κ3) is 4.41. The second-order valence-corrected chi connectivity index (χ2v) is 4.97. The molecule has 0 aliphatic rings. The lowest BCUT2D eigenvalue weighted by atomic mass is 10.3. The molecule has 0 radical (unpaired) electrons. The quantitative estimate of drug-likeness (QED) is 0.569. The van der Waals surface area contributed by atoms with Gasteiger partial charge in [0.15, 0.2) is 0 Å². The van der Waals surface area contributed by atoms with Crippen LogP contribution in [0, 0.1) is 0 Å². The first-order valence-corrected chi connectivity index (χ1v) is 7.65. The van der Waals surface area contributed by atoms with Crippen LogP contribution >= 0.6 is 0 Å². The average molecular weight is 287 g/mol. The molecule has 4 heteroatoms. The Morgan fingerprint density at radius 1 is 1.24 bits per heavy atom. The summed E-state index contributed by atoms with van der Waals surface area (Å²) in [5.41, 5.74) is 2.31. The van der Waals surface area contributed by atoms with Crippen LogP contribution in [0.1, 0.15) is 19.2 Å². The minimum atomic E-state index is 0.768. The van der Waals surface area contributed by atoms with E-state index in [4.69, 9.17) is 9.72 Å². The Hall–Kier alpha value is -1.65. The van der Waals surface area contributed by atoms with E-state index in [1.165, 1.54) is 5.52 Å². The number of imidazole rings is 1. The Bertz CT molecular complexity index is 574. The highest BCUT2D eigenvalue weighted by Crippen LogP contribution is 2.16. The lowest BCUT2D eigenvalue weighted by Crippen LogP contribution is -2.19. The van der Waals surface area contributed by atoms with Crippen molar-refractivity contribution in [3.63, 3.8) is 0 Å². The molecule has 0 fully saturated rings. The van der Waals surface area contributed by atoms with Crippen molar-refractivity contribution in [1.29, 1.82) is 0 Å². The van der Waals surface area contributed by atoms with Gasteiger partial charge in [0.05, 0.1) is 17.6 Å². The maximum absolute atomic E-state index is 4.99. The Morgan fingerprint density at radius 3 is 2.90 bits per heavy atom. The number of hydrogen-bond donors (Lipinski definition) is 1. The zero-order valence-electron chi connectivity index (χ0n) is 13.0. The number of para-hydroxylation sites is 2. The summed E-state index contributed by atoms with van der Waals surface area (Å²) in [4.78, 5) is 4.72. The van der Waals surface area contributed by atoms with Crippen LogP contribution in [-0.2, 0) is 17.7 Å². The Balaban J connectivity index is 1.85. The number of allylic oxidation sites excluding steroid dienone is 1. The predicted molar refractivity (Wildman–Crippen MR) is 87.6 cm³/mol. The molecule has 0 amide bonds. The molecule has 4 nitrogen and oxygen atoms in total. The summed E-state index contributed by atoms with van der Waals surface area (Å²) in [6.45, 7) is 5.80. The zero-order chi connectivity index (χ0) is 14.9. The summed E-state index contributed by atoms with van der Waals surface area (Å²) < 4.78 is 7.28. The van der Waals surface area contributed by atoms with Gasteiger partial charge in [-0.05, 0) is 32.0 Å². The summed E-state index contributed by atoms with van der Waals surface area (Å²) in [6, 6.07) is 8.33. The summed E-state index contributed by atoms with van der Waals surface area (Å²) in [6.07, 6.45) is 6.36. The number of hydrogen-bond acceptors (Lipinski definition) is 3. The smallest absolute Gasteiger partial charge is 0.113 e. The molecule has 1 N–H and O–H groups in total. The monoisotopic (exact) mass is 287 g/mol. The number of fused-ring (bicyclic) bond motifs is 1. The minimum Gasteiger partial charge on any atom is -0.383 e. The Morgan fingerprint density at radius 2 is 2.10 bits per heavy atom. The molecule has 2 aromatic rings. The van der Waals surface area contributed by atoms with Crippen LogP contribution in [0.25, 0.3) is 11.0 Å². The van der Waals surface area contributed by atoms with Crippen molar-refractivity contribution in [2.24, 2.45) is 0 Å². The van der Waals surface area contributed by atoms with Gasteiger partial charge in [-0.3, -0.25) is 0 Å². The normalized spacial score (nSPS) is 11.7. The van der Waals surface area contributed by atoms with E-state index in [0.717, 1.165) is 50.4 Å². The van der Waals surface area contributed by atoms with Crippen LogP contribution in [0.2, 0.25) is 0 Å². The molecule has 114 valence electrons. The van der Waals surface area contributed by atoms with Crippen LogP contribution in [0.5, 0.6) is 0 Å². The van der Waals surface area contributed by atoms with E-state index in [1.807, 2.05) is 6.07 Å². The number of methoxy groups -OCH3 is 1. The third-order valence-corrected chi connectivity index (χ3v) is 3.49. The van der Waals surface area contributed by atoms with E-state index in [1.54, 1.807) is 7.11 Å². The number of ether oxygens (including phenoxy) is 1. The van der Waals surface area contributed by atoms with Crippen LogP contribution < -0.4 is 5.32 Å². The van der Waals surface area contributed by atoms with Crippen molar-refractivity contribution in [2.45, 2.75) is 26.3 Å². The van der Waals surface area contributed by atoms with Crippen molar-refractivity contribution in [2.75, 3.05) is 26.8 Å². The average Bonchev–Trinajstić information content (AvgIpc) is 2.87. The van der Waals surface area contributed by atoms with E-state index in [0.29, 0.717) is 0 Å². The van der Waals surface area contributed by atoms with Gasteiger partial charge in [0.25, 0.3) is 0 Å². The number of nitrogens with one attached hydrogen (secondary N) is 1. The fourth-order valence-electron chi connectivity index (χ4n) is 2.43. The third-order valence-electron chi connectivity index (χ3n) is 3.49. The first-order valence-electron chi connectivity index (χ1n) is 7.65. The molecule has 0 spiro atoms. The lowest BCUT2D eigenvalue weighted by molar-refractivity contribution is 0.199. The largest absolute Gasteiger partial charge is 0.383 e. The van der Waals surface area contributed by atoms with Gasteiger partial charge < -0.3 is 14.6 Å². The fraction of sp³-hybridized carbons (Fsp3) is 0.471. The van der Waals surface area contributed by atoms with Crippen molar-refractivity contribution in [1.82, 2.24) is 14.9 Å². The molecule has 1 aromatic heterocycles. The highest BCUT2D eigenvalue weighted by atomic mass is 16.5. The maximum atomic E-state index is 4.99. The molecule has 0 bridgehead atoms. The van der Waals surface area contributed by atoms with Crippen LogP contribution in [0.3, 0.4) is 0 Å². The van der Waals surface area contributed by atoms with Gasteiger partial charge in [-0.2, -0.15) is 0 Å². The Kier molecular flexibility index (Phi) is 6.44. The van der Waals surface area contributed by atoms with E-state index in [-0.39, 0.29) is 0 Å². The SMILES string of the molecule is CCn1c(CC=CCCNCCOC)nc2ccccc21. The number of nitrogens with zero attached hydrogens (tertiary/aromatic N) is 2. The molecule has 2 rings (SSSR count). The van der Waals surface area contributed by atoms with Gasteiger partial charge in [-0.25, -0.2) is 4.98 Å². The van der Waals surface area contributed by atoms with Gasteiger partial charge in [-0.15, -0.1) is 0 Å². The van der Waals surface area contributed by atoms with Crippen LogP contribution in [-0.4, -0.2) is 36.4 Å². The van der Waals surface area contributed by atoms with Gasteiger partial charge in [0.1, 0.15) is 5.82 Å². The second-order valence-electron chi connectivity index (χ2n) is 4.97. The standard InChI is InChI=1S/C17H25N3O/c1-3-20-16-10-7-6-9-15(16)19-17(20)11-5-4-8-12-18-13-14-21-2/h4-7,9-10,18H,3,8,11-14H2,1-2H3. The summed E-state index contributed by atoms with van der Waals surface area (Å²) in [5, 5.41) is 3.33. The van der Waals surface area contributed by atoms with Gasteiger partial charge in [0.2, 0.25) is 0 Å². The second kappa shape index (κ2) is 8.60. The number of aryl methyl sites for hydroxylation is 1. The highest BCUT2D eigenvalue weighted by Gasteiger charge is 2.06. The van der Waals surface area contributed by atoms with Gasteiger partial charge >= 0.3 is 0 Å². The molecule has 0 saturated carbocycles. The number of benzene rings is 1. The van der Waals surface area contributed by atoms with Crippen molar-refractivity contribution < 1.29 is 4.74 Å². The van der Waals surface area contributed by atoms with Crippen molar-refractivity contribution in [3.05, 3.63) is 42.2 Å². The van der Waals surface area contributed by atoms with Crippen molar-refractivity contribution >= 4 is 11.0 Å². The zero-order valence-corrected chi connectivity index (χ0v) is 13.0. The molecule has 21 heavy (non-hydrogen) atoms. The van der Waals surface area contributed by atoms with E-state index < -0.39 is 0 Å². The molecular formula is C17H25N3O. The molecule has 0 aliphatic heterocycles. The first-order chi connectivity index (χ1) is 10.4. The summed E-state index contributed by atoms with van der Waals surface area (Å²) in [7, 11) is 1.72. The molecule has 0 saturated heterocycles. The summed E-state index contributed by atoms with van der Waals surface area (Å²) in [5.74, 6) is 1.14. The molecular weight excluding hydrogens is 262 g/mol. The fourth-order valence-corrected chi connectivity index (χ4v) is 2.43. The van der Waals surface area contributed by atoms with E-state index in [2.05, 4.69) is 47.2 Å². The Labute approximate surface area is 126 Å². The molecule has 0 aliphatic carbocycles.